The molecule has 0 fully saturated rings. The molecule has 156 valence electrons. The molecule has 0 atom stereocenters. The summed E-state index contributed by atoms with van der Waals surface area (Å²) in [6, 6.07) is 26.2. The summed E-state index contributed by atoms with van der Waals surface area (Å²) in [7, 11) is 0. The Labute approximate surface area is 186 Å². The van der Waals surface area contributed by atoms with Crippen LogP contribution < -0.4 is 5.32 Å². The van der Waals surface area contributed by atoms with Crippen molar-refractivity contribution in [2.75, 3.05) is 5.32 Å². The fraction of sp³-hybridized carbons (Fsp3) is 0.0769. The Bertz CT molecular complexity index is 1280. The van der Waals surface area contributed by atoms with Crippen LogP contribution in [0.4, 0.5) is 11.6 Å². The van der Waals surface area contributed by atoms with Crippen LogP contribution in [-0.4, -0.2) is 24.7 Å². The highest BCUT2D eigenvalue weighted by molar-refractivity contribution is 5.78. The second kappa shape index (κ2) is 9.22. The highest BCUT2D eigenvalue weighted by Gasteiger charge is 2.15. The molecule has 5 rings (SSSR count). The van der Waals surface area contributed by atoms with Gasteiger partial charge in [-0.05, 0) is 42.3 Å². The van der Waals surface area contributed by atoms with Crippen molar-refractivity contribution in [1.82, 2.24) is 24.7 Å². The first-order valence-corrected chi connectivity index (χ1v) is 10.5. The first kappa shape index (κ1) is 19.6. The summed E-state index contributed by atoms with van der Waals surface area (Å²) in [6.45, 7) is 0.775. The van der Waals surface area contributed by atoms with Gasteiger partial charge < -0.3 is 5.32 Å². The van der Waals surface area contributed by atoms with Crippen LogP contribution in [0.1, 0.15) is 5.56 Å². The van der Waals surface area contributed by atoms with Gasteiger partial charge in [0.25, 0.3) is 0 Å². The topological polar surface area (TPSA) is 68.5 Å². The molecule has 0 aliphatic carbocycles. The third-order valence-electron chi connectivity index (χ3n) is 5.13. The number of aryl methyl sites for hydroxylation is 2. The summed E-state index contributed by atoms with van der Waals surface area (Å²) >= 11 is 0. The van der Waals surface area contributed by atoms with Crippen molar-refractivity contribution >= 4 is 11.6 Å². The number of pyridine rings is 1. The van der Waals surface area contributed by atoms with Crippen molar-refractivity contribution in [2.45, 2.75) is 13.0 Å². The van der Waals surface area contributed by atoms with E-state index in [0.29, 0.717) is 5.95 Å². The summed E-state index contributed by atoms with van der Waals surface area (Å²) in [5.41, 5.74) is 5.79. The highest BCUT2D eigenvalue weighted by Crippen LogP contribution is 2.30. The molecule has 0 aliphatic rings. The third-order valence-corrected chi connectivity index (χ3v) is 5.13. The summed E-state index contributed by atoms with van der Waals surface area (Å²) in [5, 5.41) is 8.15. The van der Waals surface area contributed by atoms with Gasteiger partial charge in [0, 0.05) is 48.1 Å². The minimum absolute atomic E-state index is 0.544. The molecule has 3 heterocycles. The number of rotatable bonds is 7. The van der Waals surface area contributed by atoms with Crippen LogP contribution in [0.5, 0.6) is 0 Å². The van der Waals surface area contributed by atoms with E-state index in [1.54, 1.807) is 12.4 Å². The minimum Gasteiger partial charge on any atom is -0.324 e. The van der Waals surface area contributed by atoms with Gasteiger partial charge in [-0.3, -0.25) is 9.67 Å². The fourth-order valence-corrected chi connectivity index (χ4v) is 3.55. The molecule has 0 bridgehead atoms. The van der Waals surface area contributed by atoms with Gasteiger partial charge in [0.2, 0.25) is 5.95 Å². The van der Waals surface area contributed by atoms with Crippen LogP contribution in [0.25, 0.3) is 22.5 Å². The number of anilines is 2. The largest absolute Gasteiger partial charge is 0.324 e. The van der Waals surface area contributed by atoms with Crippen molar-refractivity contribution in [3.63, 3.8) is 0 Å². The molecule has 0 amide bonds. The monoisotopic (exact) mass is 418 g/mol. The molecule has 6 nitrogen and oxygen atoms in total. The molecule has 0 spiro atoms. The van der Waals surface area contributed by atoms with Gasteiger partial charge in [0.05, 0.1) is 5.69 Å². The molecule has 0 saturated heterocycles. The maximum absolute atomic E-state index is 4.88. The number of nitrogens with zero attached hydrogens (tertiary/aromatic N) is 5. The summed E-state index contributed by atoms with van der Waals surface area (Å²) < 4.78 is 1.98. The predicted molar refractivity (Wildman–Crippen MR) is 126 cm³/mol. The molecule has 0 aliphatic heterocycles. The standard InChI is InChI=1S/C26H22N6/c1-3-8-20(9-4-1)14-17-32-19-23(25(31-32)21-10-7-15-27-18-21)24-13-16-28-26(30-24)29-22-11-5-2-6-12-22/h1-13,15-16,18-19H,14,17H2,(H,28,29,30). The maximum atomic E-state index is 4.88. The highest BCUT2D eigenvalue weighted by atomic mass is 15.3. The van der Waals surface area contributed by atoms with E-state index >= 15 is 0 Å². The van der Waals surface area contributed by atoms with Crippen LogP contribution >= 0.6 is 0 Å². The minimum atomic E-state index is 0.544. The summed E-state index contributed by atoms with van der Waals surface area (Å²) in [4.78, 5) is 13.4. The van der Waals surface area contributed by atoms with E-state index < -0.39 is 0 Å². The number of hydrogen-bond acceptors (Lipinski definition) is 5. The molecular formula is C26H22N6. The van der Waals surface area contributed by atoms with E-state index in [4.69, 9.17) is 10.1 Å². The van der Waals surface area contributed by atoms with Crippen LogP contribution in [0.3, 0.4) is 0 Å². The SMILES string of the molecule is c1ccc(CCn2cc(-c3ccnc(Nc4ccccc4)n3)c(-c3cccnc3)n2)cc1. The zero-order chi connectivity index (χ0) is 21.6. The van der Waals surface area contributed by atoms with E-state index in [-0.39, 0.29) is 0 Å². The Hall–Kier alpha value is -4.32. The Balaban J connectivity index is 1.48. The van der Waals surface area contributed by atoms with Gasteiger partial charge in [-0.15, -0.1) is 0 Å². The van der Waals surface area contributed by atoms with Gasteiger partial charge >= 0.3 is 0 Å². The maximum Gasteiger partial charge on any atom is 0.227 e. The zero-order valence-electron chi connectivity index (χ0n) is 17.5. The first-order valence-electron chi connectivity index (χ1n) is 10.5. The number of para-hydroxylation sites is 1. The lowest BCUT2D eigenvalue weighted by molar-refractivity contribution is 0.617. The predicted octanol–water partition coefficient (Wildman–Crippen LogP) is 5.39. The quantitative estimate of drug-likeness (QED) is 0.384. The van der Waals surface area contributed by atoms with E-state index in [2.05, 4.69) is 45.7 Å². The summed E-state index contributed by atoms with van der Waals surface area (Å²) in [6.07, 6.45) is 8.32. The second-order valence-electron chi connectivity index (χ2n) is 7.39. The lowest BCUT2D eigenvalue weighted by Crippen LogP contribution is -2.02. The number of benzene rings is 2. The molecule has 5 aromatic rings. The van der Waals surface area contributed by atoms with E-state index in [9.17, 15) is 0 Å². The van der Waals surface area contributed by atoms with Gasteiger partial charge in [-0.25, -0.2) is 9.97 Å². The zero-order valence-corrected chi connectivity index (χ0v) is 17.5. The Morgan fingerprint density at radius 1 is 0.812 bits per heavy atom. The normalized spacial score (nSPS) is 10.8. The molecule has 0 radical (unpaired) electrons. The van der Waals surface area contributed by atoms with Crippen molar-refractivity contribution in [3.05, 3.63) is 109 Å². The van der Waals surface area contributed by atoms with Gasteiger partial charge in [-0.2, -0.15) is 5.10 Å². The third kappa shape index (κ3) is 4.54. The van der Waals surface area contributed by atoms with Gasteiger partial charge in [0.15, 0.2) is 0 Å². The fourth-order valence-electron chi connectivity index (χ4n) is 3.55. The van der Waals surface area contributed by atoms with Crippen molar-refractivity contribution in [2.24, 2.45) is 0 Å². The van der Waals surface area contributed by atoms with E-state index in [0.717, 1.165) is 41.2 Å². The smallest absolute Gasteiger partial charge is 0.227 e. The Morgan fingerprint density at radius 3 is 2.41 bits per heavy atom. The first-order chi connectivity index (χ1) is 15.8. The van der Waals surface area contributed by atoms with Crippen LogP contribution in [0.2, 0.25) is 0 Å². The van der Waals surface area contributed by atoms with Gasteiger partial charge in [-0.1, -0.05) is 48.5 Å². The van der Waals surface area contributed by atoms with Crippen LogP contribution in [-0.2, 0) is 13.0 Å². The molecule has 6 heteroatoms. The molecule has 1 N–H and O–H groups in total. The molecule has 2 aromatic carbocycles. The van der Waals surface area contributed by atoms with Crippen LogP contribution in [0.15, 0.2) is 104 Å². The van der Waals surface area contributed by atoms with Crippen molar-refractivity contribution in [3.8, 4) is 22.5 Å². The Kier molecular flexibility index (Phi) is 5.66. The van der Waals surface area contributed by atoms with Crippen molar-refractivity contribution in [1.29, 1.82) is 0 Å². The van der Waals surface area contributed by atoms with E-state index in [1.165, 1.54) is 5.56 Å². The molecular weight excluding hydrogens is 396 g/mol. The molecule has 32 heavy (non-hydrogen) atoms. The van der Waals surface area contributed by atoms with Crippen LogP contribution in [0, 0.1) is 0 Å². The van der Waals surface area contributed by atoms with Crippen molar-refractivity contribution < 1.29 is 0 Å². The number of hydrogen-bond donors (Lipinski definition) is 1. The van der Waals surface area contributed by atoms with Gasteiger partial charge in [0.1, 0.15) is 5.69 Å². The lowest BCUT2D eigenvalue weighted by Gasteiger charge is -2.06. The number of aromatic nitrogens is 5. The average molecular weight is 419 g/mol. The molecule has 3 aromatic heterocycles. The molecule has 0 unspecified atom stereocenters. The molecule has 0 saturated carbocycles. The lowest BCUT2D eigenvalue weighted by atomic mass is 10.1. The summed E-state index contributed by atoms with van der Waals surface area (Å²) in [5.74, 6) is 0.544. The average Bonchev–Trinajstić information content (AvgIpc) is 3.29. The second-order valence-corrected chi connectivity index (χ2v) is 7.39. The number of nitrogens with one attached hydrogen (secondary N) is 1. The Morgan fingerprint density at radius 2 is 1.62 bits per heavy atom. The van der Waals surface area contributed by atoms with E-state index in [1.807, 2.05) is 65.5 Å².